The molecule has 0 spiro atoms. The molecule has 4 nitrogen and oxygen atoms in total. The molecule has 1 heterocycles. The number of nitrogen functional groups attached to an aromatic ring is 1. The van der Waals surface area contributed by atoms with E-state index < -0.39 is 0 Å². The third-order valence-corrected chi connectivity index (χ3v) is 4.75. The average Bonchev–Trinajstić information content (AvgIpc) is 3.01. The van der Waals surface area contributed by atoms with Gasteiger partial charge in [0.1, 0.15) is 11.7 Å². The molecule has 0 bridgehead atoms. The van der Waals surface area contributed by atoms with Crippen molar-refractivity contribution in [3.63, 3.8) is 0 Å². The molecule has 0 radical (unpaired) electrons. The first kappa shape index (κ1) is 14.3. The van der Waals surface area contributed by atoms with Crippen LogP contribution < -0.4 is 10.6 Å². The van der Waals surface area contributed by atoms with Crippen molar-refractivity contribution in [1.29, 1.82) is 5.41 Å². The van der Waals surface area contributed by atoms with Crippen molar-refractivity contribution in [3.05, 3.63) is 29.6 Å². The molecule has 0 amide bonds. The lowest BCUT2D eigenvalue weighted by Crippen LogP contribution is -2.50. The van der Waals surface area contributed by atoms with E-state index in [1.54, 1.807) is 12.1 Å². The topological polar surface area (TPSA) is 56.4 Å². The number of benzene rings is 1. The summed E-state index contributed by atoms with van der Waals surface area (Å²) in [6.45, 7) is 3.76. The van der Waals surface area contributed by atoms with E-state index in [0.717, 1.165) is 32.2 Å². The number of halogens is 1. The number of piperazine rings is 1. The fourth-order valence-electron chi connectivity index (χ4n) is 3.53. The van der Waals surface area contributed by atoms with Crippen LogP contribution in [0.25, 0.3) is 0 Å². The highest BCUT2D eigenvalue weighted by Crippen LogP contribution is 2.26. The molecule has 21 heavy (non-hydrogen) atoms. The van der Waals surface area contributed by atoms with E-state index in [1.165, 1.54) is 31.7 Å². The monoisotopic (exact) mass is 290 g/mol. The van der Waals surface area contributed by atoms with Gasteiger partial charge in [-0.05, 0) is 31.0 Å². The van der Waals surface area contributed by atoms with Crippen molar-refractivity contribution < 1.29 is 4.39 Å². The van der Waals surface area contributed by atoms with E-state index in [0.29, 0.717) is 11.3 Å². The number of hydrogen-bond donors (Lipinski definition) is 2. The number of amidine groups is 1. The summed E-state index contributed by atoms with van der Waals surface area (Å²) in [5.74, 6) is -0.372. The van der Waals surface area contributed by atoms with Crippen LogP contribution in [0.5, 0.6) is 0 Å². The second-order valence-corrected chi connectivity index (χ2v) is 6.04. The Labute approximate surface area is 125 Å². The van der Waals surface area contributed by atoms with Gasteiger partial charge in [-0.2, -0.15) is 0 Å². The number of nitrogens with one attached hydrogen (secondary N) is 1. The third-order valence-electron chi connectivity index (χ3n) is 4.75. The van der Waals surface area contributed by atoms with Gasteiger partial charge in [0.15, 0.2) is 0 Å². The largest absolute Gasteiger partial charge is 0.384 e. The van der Waals surface area contributed by atoms with Gasteiger partial charge in [0.2, 0.25) is 0 Å². The van der Waals surface area contributed by atoms with E-state index in [9.17, 15) is 4.39 Å². The molecule has 2 fully saturated rings. The summed E-state index contributed by atoms with van der Waals surface area (Å²) in [6.07, 6.45) is 5.35. The fraction of sp³-hybridized carbons (Fsp3) is 0.562. The second-order valence-electron chi connectivity index (χ2n) is 6.04. The lowest BCUT2D eigenvalue weighted by molar-refractivity contribution is 0.187. The van der Waals surface area contributed by atoms with Crippen LogP contribution in [-0.2, 0) is 0 Å². The van der Waals surface area contributed by atoms with Crippen molar-refractivity contribution in [2.45, 2.75) is 31.7 Å². The van der Waals surface area contributed by atoms with Crippen LogP contribution in [-0.4, -0.2) is 43.0 Å². The molecule has 0 aromatic heterocycles. The van der Waals surface area contributed by atoms with Crippen LogP contribution in [0.1, 0.15) is 31.2 Å². The summed E-state index contributed by atoms with van der Waals surface area (Å²) < 4.78 is 14.2. The van der Waals surface area contributed by atoms with Crippen LogP contribution in [0.15, 0.2) is 18.2 Å². The molecule has 5 heteroatoms. The summed E-state index contributed by atoms with van der Waals surface area (Å²) in [4.78, 5) is 4.66. The molecular weight excluding hydrogens is 267 g/mol. The number of hydrogen-bond acceptors (Lipinski definition) is 3. The molecule has 1 aliphatic carbocycles. The minimum atomic E-state index is -0.281. The number of anilines is 1. The molecule has 1 saturated heterocycles. The average molecular weight is 290 g/mol. The zero-order chi connectivity index (χ0) is 14.8. The zero-order valence-electron chi connectivity index (χ0n) is 12.3. The van der Waals surface area contributed by atoms with Gasteiger partial charge in [0.05, 0.1) is 5.69 Å². The molecule has 0 unspecified atom stereocenters. The molecule has 1 aromatic rings. The summed E-state index contributed by atoms with van der Waals surface area (Å²) in [5.41, 5.74) is 6.47. The standard InChI is InChI=1S/C16H23FN4/c17-14-11-12(16(18)19)5-6-15(14)21-9-7-20(8-10-21)13-3-1-2-4-13/h5-6,11,13H,1-4,7-10H2,(H3,18,19). The van der Waals surface area contributed by atoms with Gasteiger partial charge in [-0.25, -0.2) is 4.39 Å². The van der Waals surface area contributed by atoms with Gasteiger partial charge >= 0.3 is 0 Å². The minimum absolute atomic E-state index is 0.0912. The van der Waals surface area contributed by atoms with Crippen LogP contribution >= 0.6 is 0 Å². The molecule has 1 aromatic carbocycles. The lowest BCUT2D eigenvalue weighted by atomic mass is 10.1. The molecule has 3 N–H and O–H groups in total. The Kier molecular flexibility index (Phi) is 4.10. The highest BCUT2D eigenvalue weighted by Gasteiger charge is 2.26. The predicted molar refractivity (Wildman–Crippen MR) is 83.5 cm³/mol. The second kappa shape index (κ2) is 6.02. The normalized spacial score (nSPS) is 20.9. The third kappa shape index (κ3) is 3.02. The molecule has 114 valence electrons. The molecule has 2 aliphatic rings. The Balaban J connectivity index is 1.65. The highest BCUT2D eigenvalue weighted by atomic mass is 19.1. The molecule has 0 atom stereocenters. The maximum Gasteiger partial charge on any atom is 0.147 e. The fourth-order valence-corrected chi connectivity index (χ4v) is 3.53. The summed E-state index contributed by atoms with van der Waals surface area (Å²) >= 11 is 0. The molecule has 3 rings (SSSR count). The van der Waals surface area contributed by atoms with Crippen LogP contribution in [0, 0.1) is 11.2 Å². The SMILES string of the molecule is N=C(N)c1ccc(N2CCN(C3CCCC3)CC2)c(F)c1. The Morgan fingerprint density at radius 2 is 1.81 bits per heavy atom. The molecule has 1 saturated carbocycles. The molecular formula is C16H23FN4. The highest BCUT2D eigenvalue weighted by molar-refractivity contribution is 5.95. The van der Waals surface area contributed by atoms with Crippen molar-refractivity contribution in [2.24, 2.45) is 5.73 Å². The Morgan fingerprint density at radius 3 is 2.38 bits per heavy atom. The van der Waals surface area contributed by atoms with Crippen molar-refractivity contribution in [1.82, 2.24) is 4.90 Å². The van der Waals surface area contributed by atoms with Crippen molar-refractivity contribution >= 4 is 11.5 Å². The van der Waals surface area contributed by atoms with E-state index in [-0.39, 0.29) is 11.7 Å². The van der Waals surface area contributed by atoms with E-state index >= 15 is 0 Å². The first-order valence-corrected chi connectivity index (χ1v) is 7.78. The first-order chi connectivity index (χ1) is 10.1. The van der Waals surface area contributed by atoms with Gasteiger partial charge in [-0.1, -0.05) is 12.8 Å². The van der Waals surface area contributed by atoms with Gasteiger partial charge in [-0.3, -0.25) is 10.3 Å². The quantitative estimate of drug-likeness (QED) is 0.662. The Morgan fingerprint density at radius 1 is 1.14 bits per heavy atom. The maximum absolute atomic E-state index is 14.2. The van der Waals surface area contributed by atoms with Gasteiger partial charge < -0.3 is 10.6 Å². The van der Waals surface area contributed by atoms with Crippen molar-refractivity contribution in [3.8, 4) is 0 Å². The number of nitrogens with two attached hydrogens (primary N) is 1. The first-order valence-electron chi connectivity index (χ1n) is 7.78. The number of nitrogens with zero attached hydrogens (tertiary/aromatic N) is 2. The van der Waals surface area contributed by atoms with E-state index in [4.69, 9.17) is 11.1 Å². The smallest absolute Gasteiger partial charge is 0.147 e. The summed E-state index contributed by atoms with van der Waals surface area (Å²) in [6, 6.07) is 5.58. The Bertz CT molecular complexity index is 517. The van der Waals surface area contributed by atoms with Gasteiger partial charge in [0.25, 0.3) is 0 Å². The predicted octanol–water partition coefficient (Wildman–Crippen LogP) is 2.17. The molecule has 1 aliphatic heterocycles. The Hall–Kier alpha value is -1.62. The lowest BCUT2D eigenvalue weighted by Gasteiger charge is -2.39. The van der Waals surface area contributed by atoms with E-state index in [1.807, 2.05) is 0 Å². The van der Waals surface area contributed by atoms with Crippen LogP contribution in [0.4, 0.5) is 10.1 Å². The summed E-state index contributed by atoms with van der Waals surface area (Å²) in [7, 11) is 0. The minimum Gasteiger partial charge on any atom is -0.384 e. The maximum atomic E-state index is 14.2. The number of rotatable bonds is 3. The van der Waals surface area contributed by atoms with Gasteiger partial charge in [0, 0.05) is 37.8 Å². The van der Waals surface area contributed by atoms with Crippen LogP contribution in [0.2, 0.25) is 0 Å². The van der Waals surface area contributed by atoms with Crippen molar-refractivity contribution in [2.75, 3.05) is 31.1 Å². The van der Waals surface area contributed by atoms with Crippen LogP contribution in [0.3, 0.4) is 0 Å². The van der Waals surface area contributed by atoms with Gasteiger partial charge in [-0.15, -0.1) is 0 Å². The zero-order valence-corrected chi connectivity index (χ0v) is 12.3. The van der Waals surface area contributed by atoms with E-state index in [2.05, 4.69) is 9.80 Å². The summed E-state index contributed by atoms with van der Waals surface area (Å²) in [5, 5.41) is 7.36.